The third kappa shape index (κ3) is 3.04. The van der Waals surface area contributed by atoms with Gasteiger partial charge in [-0.25, -0.2) is 4.39 Å². The largest absolute Gasteiger partial charge is 0.336 e. The van der Waals surface area contributed by atoms with E-state index in [1.807, 2.05) is 6.92 Å². The van der Waals surface area contributed by atoms with Crippen LogP contribution >= 0.6 is 15.9 Å². The van der Waals surface area contributed by atoms with Crippen LogP contribution in [-0.4, -0.2) is 36.5 Å². The Morgan fingerprint density at radius 3 is 2.94 bits per heavy atom. The van der Waals surface area contributed by atoms with Crippen LogP contribution in [0, 0.1) is 5.82 Å². The zero-order chi connectivity index (χ0) is 12.4. The fraction of sp³-hybridized carbons (Fsp3) is 0.417. The van der Waals surface area contributed by atoms with Crippen molar-refractivity contribution in [2.45, 2.75) is 13.0 Å². The molecular weight excluding hydrogens is 287 g/mol. The first-order valence-electron chi connectivity index (χ1n) is 5.55. The van der Waals surface area contributed by atoms with E-state index in [9.17, 15) is 9.18 Å². The lowest BCUT2D eigenvalue weighted by Gasteiger charge is -2.32. The molecule has 0 radical (unpaired) electrons. The number of carbonyl (C=O) groups excluding carboxylic acids is 1. The third-order valence-corrected chi connectivity index (χ3v) is 3.22. The summed E-state index contributed by atoms with van der Waals surface area (Å²) in [7, 11) is 0. The van der Waals surface area contributed by atoms with Crippen molar-refractivity contribution in [2.24, 2.45) is 0 Å². The topological polar surface area (TPSA) is 32.3 Å². The molecule has 1 heterocycles. The van der Waals surface area contributed by atoms with Gasteiger partial charge < -0.3 is 10.2 Å². The Hall–Kier alpha value is -0.940. The molecule has 1 amide bonds. The van der Waals surface area contributed by atoms with E-state index in [1.165, 1.54) is 12.1 Å². The highest BCUT2D eigenvalue weighted by Gasteiger charge is 2.22. The summed E-state index contributed by atoms with van der Waals surface area (Å²) in [6, 6.07) is 4.56. The van der Waals surface area contributed by atoms with Crippen LogP contribution < -0.4 is 5.32 Å². The van der Waals surface area contributed by atoms with Crippen LogP contribution in [0.2, 0.25) is 0 Å². The van der Waals surface area contributed by atoms with Crippen molar-refractivity contribution in [3.05, 3.63) is 34.1 Å². The van der Waals surface area contributed by atoms with Gasteiger partial charge in [-0.2, -0.15) is 0 Å². The van der Waals surface area contributed by atoms with Gasteiger partial charge in [0.15, 0.2) is 0 Å². The number of rotatable bonds is 1. The van der Waals surface area contributed by atoms with Gasteiger partial charge in [0.05, 0.1) is 0 Å². The first kappa shape index (κ1) is 12.5. The summed E-state index contributed by atoms with van der Waals surface area (Å²) in [5.41, 5.74) is 0.394. The minimum Gasteiger partial charge on any atom is -0.336 e. The Kier molecular flexibility index (Phi) is 3.79. The van der Waals surface area contributed by atoms with Crippen molar-refractivity contribution in [3.63, 3.8) is 0 Å². The summed E-state index contributed by atoms with van der Waals surface area (Å²) >= 11 is 3.19. The summed E-state index contributed by atoms with van der Waals surface area (Å²) in [6.45, 7) is 4.13. The van der Waals surface area contributed by atoms with Gasteiger partial charge in [0.1, 0.15) is 5.82 Å². The molecule has 3 nitrogen and oxygen atoms in total. The van der Waals surface area contributed by atoms with Gasteiger partial charge >= 0.3 is 0 Å². The number of benzene rings is 1. The van der Waals surface area contributed by atoms with E-state index < -0.39 is 5.82 Å². The lowest BCUT2D eigenvalue weighted by molar-refractivity contribution is 0.0708. The zero-order valence-electron chi connectivity index (χ0n) is 9.54. The Balaban J connectivity index is 2.18. The molecule has 1 aliphatic heterocycles. The van der Waals surface area contributed by atoms with E-state index >= 15 is 0 Å². The fourth-order valence-corrected chi connectivity index (χ4v) is 2.44. The third-order valence-electron chi connectivity index (χ3n) is 2.77. The average molecular weight is 301 g/mol. The summed E-state index contributed by atoms with van der Waals surface area (Å²) < 4.78 is 13.8. The number of hydrogen-bond donors (Lipinski definition) is 1. The van der Waals surface area contributed by atoms with Crippen LogP contribution in [0.3, 0.4) is 0 Å². The zero-order valence-corrected chi connectivity index (χ0v) is 11.1. The van der Waals surface area contributed by atoms with E-state index in [0.29, 0.717) is 23.1 Å². The van der Waals surface area contributed by atoms with Crippen molar-refractivity contribution < 1.29 is 9.18 Å². The maximum Gasteiger partial charge on any atom is 0.254 e. The molecule has 1 aromatic rings. The lowest BCUT2D eigenvalue weighted by atomic mass is 10.1. The minimum atomic E-state index is -0.397. The highest BCUT2D eigenvalue weighted by Crippen LogP contribution is 2.17. The lowest BCUT2D eigenvalue weighted by Crippen LogP contribution is -2.51. The molecule has 2 rings (SSSR count). The standard InChI is InChI=1S/C12H14BrFN2O/c1-8-7-16(3-2-15-8)12(17)9-4-10(13)6-11(14)5-9/h4-6,8,15H,2-3,7H2,1H3/t8-/m0/s1. The van der Waals surface area contributed by atoms with Crippen LogP contribution in [0.1, 0.15) is 17.3 Å². The van der Waals surface area contributed by atoms with Crippen LogP contribution in [0.5, 0.6) is 0 Å². The molecular formula is C12H14BrFN2O. The second-order valence-electron chi connectivity index (χ2n) is 4.26. The van der Waals surface area contributed by atoms with E-state index in [1.54, 1.807) is 11.0 Å². The molecule has 0 aliphatic carbocycles. The number of halogens is 2. The quantitative estimate of drug-likeness (QED) is 0.861. The first-order chi connectivity index (χ1) is 8.06. The van der Waals surface area contributed by atoms with Gasteiger partial charge in [-0.1, -0.05) is 15.9 Å². The van der Waals surface area contributed by atoms with Gasteiger partial charge in [-0.05, 0) is 25.1 Å². The number of nitrogens with one attached hydrogen (secondary N) is 1. The van der Waals surface area contributed by atoms with Gasteiger partial charge in [-0.15, -0.1) is 0 Å². The molecule has 0 unspecified atom stereocenters. The average Bonchev–Trinajstić information content (AvgIpc) is 2.26. The van der Waals surface area contributed by atoms with Gasteiger partial charge in [0.25, 0.3) is 5.91 Å². The smallest absolute Gasteiger partial charge is 0.254 e. The van der Waals surface area contributed by atoms with E-state index in [2.05, 4.69) is 21.2 Å². The second kappa shape index (κ2) is 5.14. The molecule has 17 heavy (non-hydrogen) atoms. The van der Waals surface area contributed by atoms with Gasteiger partial charge in [-0.3, -0.25) is 4.79 Å². The van der Waals surface area contributed by atoms with Crippen LogP contribution in [-0.2, 0) is 0 Å². The molecule has 1 N–H and O–H groups in total. The molecule has 1 fully saturated rings. The number of nitrogens with zero attached hydrogens (tertiary/aromatic N) is 1. The summed E-state index contributed by atoms with van der Waals surface area (Å²) in [4.78, 5) is 13.9. The van der Waals surface area contributed by atoms with Crippen LogP contribution in [0.4, 0.5) is 4.39 Å². The summed E-state index contributed by atoms with van der Waals surface area (Å²) in [5, 5.41) is 3.26. The van der Waals surface area contributed by atoms with E-state index in [0.717, 1.165) is 6.54 Å². The number of piperazine rings is 1. The number of hydrogen-bond acceptors (Lipinski definition) is 2. The highest BCUT2D eigenvalue weighted by molar-refractivity contribution is 9.10. The SMILES string of the molecule is C[C@H]1CN(C(=O)c2cc(F)cc(Br)c2)CCN1. The normalized spacial score (nSPS) is 20.4. The molecule has 0 bridgehead atoms. The fourth-order valence-electron chi connectivity index (χ4n) is 1.98. The molecule has 0 saturated carbocycles. The van der Waals surface area contributed by atoms with Crippen LogP contribution in [0.15, 0.2) is 22.7 Å². The second-order valence-corrected chi connectivity index (χ2v) is 5.18. The Morgan fingerprint density at radius 1 is 1.53 bits per heavy atom. The van der Waals surface area contributed by atoms with E-state index in [4.69, 9.17) is 0 Å². The maximum absolute atomic E-state index is 13.2. The minimum absolute atomic E-state index is 0.112. The summed E-state index contributed by atoms with van der Waals surface area (Å²) in [6.07, 6.45) is 0. The number of carbonyl (C=O) groups is 1. The maximum atomic E-state index is 13.2. The molecule has 92 valence electrons. The number of amides is 1. The summed E-state index contributed by atoms with van der Waals surface area (Å²) in [5.74, 6) is -0.510. The van der Waals surface area contributed by atoms with Crippen molar-refractivity contribution >= 4 is 21.8 Å². The molecule has 1 atom stereocenters. The molecule has 1 saturated heterocycles. The van der Waals surface area contributed by atoms with Gasteiger partial charge in [0, 0.05) is 35.7 Å². The highest BCUT2D eigenvalue weighted by atomic mass is 79.9. The van der Waals surface area contributed by atoms with Crippen molar-refractivity contribution in [3.8, 4) is 0 Å². The van der Waals surface area contributed by atoms with Crippen molar-refractivity contribution in [1.82, 2.24) is 10.2 Å². The van der Waals surface area contributed by atoms with Crippen LogP contribution in [0.25, 0.3) is 0 Å². The van der Waals surface area contributed by atoms with E-state index in [-0.39, 0.29) is 11.9 Å². The Bertz CT molecular complexity index is 418. The first-order valence-corrected chi connectivity index (χ1v) is 6.34. The van der Waals surface area contributed by atoms with Crippen molar-refractivity contribution in [1.29, 1.82) is 0 Å². The molecule has 0 aromatic heterocycles. The monoisotopic (exact) mass is 300 g/mol. The molecule has 1 aromatic carbocycles. The molecule has 1 aliphatic rings. The van der Waals surface area contributed by atoms with Crippen molar-refractivity contribution in [2.75, 3.05) is 19.6 Å². The predicted octanol–water partition coefficient (Wildman–Crippen LogP) is 2.02. The predicted molar refractivity (Wildman–Crippen MR) is 67.5 cm³/mol. The Morgan fingerprint density at radius 2 is 2.29 bits per heavy atom. The Labute approximate surface area is 108 Å². The molecule has 5 heteroatoms. The molecule has 0 spiro atoms. The van der Waals surface area contributed by atoms with Gasteiger partial charge in [0.2, 0.25) is 0 Å².